The number of halogens is 9. The van der Waals surface area contributed by atoms with E-state index in [4.69, 9.17) is 0 Å². The van der Waals surface area contributed by atoms with E-state index in [-0.39, 0.29) is 18.6 Å². The first-order chi connectivity index (χ1) is 16.4. The van der Waals surface area contributed by atoms with Crippen LogP contribution < -0.4 is 9.47 Å². The van der Waals surface area contributed by atoms with Gasteiger partial charge in [-0.2, -0.15) is 26.3 Å². The third kappa shape index (κ3) is 6.71. The van der Waals surface area contributed by atoms with Gasteiger partial charge in [0.25, 0.3) is 6.08 Å². The Hall–Kier alpha value is -3.63. The largest absolute Gasteiger partial charge is 0.429 e. The van der Waals surface area contributed by atoms with Crippen molar-refractivity contribution in [1.82, 2.24) is 0 Å². The minimum atomic E-state index is -4.76. The molecule has 0 aliphatic rings. The minimum absolute atomic E-state index is 0.144. The molecule has 35 heavy (non-hydrogen) atoms. The molecule has 0 aliphatic carbocycles. The second kappa shape index (κ2) is 10.3. The number of rotatable bonds is 9. The molecule has 186 valence electrons. The summed E-state index contributed by atoms with van der Waals surface area (Å²) >= 11 is 0. The van der Waals surface area contributed by atoms with Gasteiger partial charge in [-0.25, -0.2) is 8.78 Å². The van der Waals surface area contributed by atoms with Crippen molar-refractivity contribution < 1.29 is 49.0 Å². The second-order valence-corrected chi connectivity index (χ2v) is 7.15. The molecule has 0 N–H and O–H groups in total. The molecule has 11 heteroatoms. The van der Waals surface area contributed by atoms with Crippen molar-refractivity contribution in [3.63, 3.8) is 0 Å². The Morgan fingerprint density at radius 2 is 1.29 bits per heavy atom. The van der Waals surface area contributed by atoms with Crippen molar-refractivity contribution >= 4 is 0 Å². The monoisotopic (exact) mass is 506 g/mol. The van der Waals surface area contributed by atoms with Gasteiger partial charge in [0.15, 0.2) is 17.4 Å². The highest BCUT2D eigenvalue weighted by atomic mass is 19.3. The highest BCUT2D eigenvalue weighted by molar-refractivity contribution is 5.64. The minimum Gasteiger partial charge on any atom is -0.429 e. The maximum absolute atomic E-state index is 14.5. The van der Waals surface area contributed by atoms with Gasteiger partial charge in [-0.05, 0) is 28.8 Å². The van der Waals surface area contributed by atoms with Gasteiger partial charge in [-0.1, -0.05) is 36.4 Å². The molecular weight excluding hydrogens is 491 g/mol. The first-order valence-electron chi connectivity index (χ1n) is 9.82. The lowest BCUT2D eigenvalue weighted by molar-refractivity contribution is -0.185. The molecule has 0 radical (unpaired) electrons. The SMILES string of the molecule is FCCc1ccc(-c2ccc(C(F)(F)Oc3cc(F)c(OC(F)(F)C=C(F)F)c(F)c3)cc2)cc1. The molecule has 3 aromatic carbocycles. The van der Waals surface area contributed by atoms with Gasteiger partial charge in [0.1, 0.15) is 5.75 Å². The highest BCUT2D eigenvalue weighted by Gasteiger charge is 2.37. The Morgan fingerprint density at radius 1 is 0.771 bits per heavy atom. The standard InChI is InChI=1S/C24H15F9O2/c25-10-9-14-1-3-15(4-2-14)16-5-7-17(8-6-16)24(32,33)34-18-11-19(26)22(20(27)12-18)35-23(30,31)13-21(28)29/h1-8,11-13H,9-10H2. The summed E-state index contributed by atoms with van der Waals surface area (Å²) in [5, 5.41) is 0. The Morgan fingerprint density at radius 3 is 1.77 bits per heavy atom. The summed E-state index contributed by atoms with van der Waals surface area (Å²) in [6.07, 6.45) is -12.5. The van der Waals surface area contributed by atoms with Crippen molar-refractivity contribution in [3.05, 3.63) is 95.6 Å². The Balaban J connectivity index is 1.77. The van der Waals surface area contributed by atoms with Crippen LogP contribution in [0.4, 0.5) is 39.5 Å². The van der Waals surface area contributed by atoms with Crippen molar-refractivity contribution in [2.45, 2.75) is 18.6 Å². The lowest BCUT2D eigenvalue weighted by atomic mass is 10.0. The summed E-state index contributed by atoms with van der Waals surface area (Å²) in [6.45, 7) is -0.518. The van der Waals surface area contributed by atoms with Gasteiger partial charge >= 0.3 is 12.2 Å². The molecule has 2 nitrogen and oxygen atoms in total. The molecule has 0 fully saturated rings. The fraction of sp³-hybridized carbons (Fsp3) is 0.167. The Kier molecular flexibility index (Phi) is 7.67. The van der Waals surface area contributed by atoms with E-state index >= 15 is 0 Å². The van der Waals surface area contributed by atoms with E-state index in [1.54, 1.807) is 24.3 Å². The maximum Gasteiger partial charge on any atom is 0.426 e. The zero-order valence-corrected chi connectivity index (χ0v) is 17.5. The number of benzene rings is 3. The summed E-state index contributed by atoms with van der Waals surface area (Å²) in [5.41, 5.74) is 1.29. The summed E-state index contributed by atoms with van der Waals surface area (Å²) in [6, 6.07) is 11.7. The van der Waals surface area contributed by atoms with Crippen LogP contribution in [0, 0.1) is 11.6 Å². The van der Waals surface area contributed by atoms with Gasteiger partial charge < -0.3 is 9.47 Å². The first-order valence-corrected chi connectivity index (χ1v) is 9.82. The maximum atomic E-state index is 14.5. The van der Waals surface area contributed by atoms with Crippen molar-refractivity contribution in [2.75, 3.05) is 6.67 Å². The van der Waals surface area contributed by atoms with E-state index in [9.17, 15) is 39.5 Å². The molecule has 0 heterocycles. The van der Waals surface area contributed by atoms with E-state index in [0.717, 1.165) is 17.7 Å². The van der Waals surface area contributed by atoms with E-state index < -0.39 is 59.7 Å². The van der Waals surface area contributed by atoms with Gasteiger partial charge in [0.05, 0.1) is 18.3 Å². The molecule has 0 saturated heterocycles. The number of hydrogen-bond donors (Lipinski definition) is 0. The first kappa shape index (κ1) is 26.0. The topological polar surface area (TPSA) is 18.5 Å². The molecular formula is C24H15F9O2. The van der Waals surface area contributed by atoms with Crippen LogP contribution in [0.2, 0.25) is 0 Å². The second-order valence-electron chi connectivity index (χ2n) is 7.15. The van der Waals surface area contributed by atoms with Crippen LogP contribution >= 0.6 is 0 Å². The molecule has 0 unspecified atom stereocenters. The quantitative estimate of drug-likeness (QED) is 0.274. The van der Waals surface area contributed by atoms with Crippen LogP contribution in [0.1, 0.15) is 11.1 Å². The zero-order chi connectivity index (χ0) is 25.8. The molecule has 0 bridgehead atoms. The van der Waals surface area contributed by atoms with Crippen molar-refractivity contribution in [2.24, 2.45) is 0 Å². The Bertz CT molecular complexity index is 1160. The number of ether oxygens (including phenoxy) is 2. The van der Waals surface area contributed by atoms with Crippen LogP contribution in [0.15, 0.2) is 72.8 Å². The van der Waals surface area contributed by atoms with Crippen LogP contribution in [-0.2, 0) is 12.5 Å². The highest BCUT2D eigenvalue weighted by Crippen LogP contribution is 2.37. The van der Waals surface area contributed by atoms with Crippen molar-refractivity contribution in [1.29, 1.82) is 0 Å². The van der Waals surface area contributed by atoms with Gasteiger partial charge in [-0.15, -0.1) is 0 Å². The summed E-state index contributed by atoms with van der Waals surface area (Å²) in [7, 11) is 0. The van der Waals surface area contributed by atoms with Crippen molar-refractivity contribution in [3.8, 4) is 22.6 Å². The summed E-state index contributed by atoms with van der Waals surface area (Å²) in [5.74, 6) is -6.59. The smallest absolute Gasteiger partial charge is 0.426 e. The van der Waals surface area contributed by atoms with E-state index in [1.807, 2.05) is 0 Å². The molecule has 0 aromatic heterocycles. The third-order valence-corrected chi connectivity index (χ3v) is 4.62. The zero-order valence-electron chi connectivity index (χ0n) is 17.5. The molecule has 0 atom stereocenters. The fourth-order valence-corrected chi connectivity index (χ4v) is 3.02. The fourth-order valence-electron chi connectivity index (χ4n) is 3.02. The van der Waals surface area contributed by atoms with Crippen LogP contribution in [0.5, 0.6) is 11.5 Å². The van der Waals surface area contributed by atoms with E-state index in [1.165, 1.54) is 12.1 Å². The molecule has 0 amide bonds. The number of aryl methyl sites for hydroxylation is 1. The average molecular weight is 506 g/mol. The number of alkyl halides is 5. The predicted molar refractivity (Wildman–Crippen MR) is 108 cm³/mol. The lowest BCUT2D eigenvalue weighted by Crippen LogP contribution is -2.24. The van der Waals surface area contributed by atoms with E-state index in [2.05, 4.69) is 9.47 Å². The van der Waals surface area contributed by atoms with Crippen LogP contribution in [0.3, 0.4) is 0 Å². The molecule has 3 aromatic rings. The van der Waals surface area contributed by atoms with E-state index in [0.29, 0.717) is 11.1 Å². The average Bonchev–Trinajstić information content (AvgIpc) is 2.76. The van der Waals surface area contributed by atoms with Gasteiger partial charge in [0, 0.05) is 18.6 Å². The molecule has 0 aliphatic heterocycles. The van der Waals surface area contributed by atoms with Crippen LogP contribution in [-0.4, -0.2) is 12.8 Å². The van der Waals surface area contributed by atoms with Crippen LogP contribution in [0.25, 0.3) is 11.1 Å². The molecule has 3 rings (SSSR count). The summed E-state index contributed by atoms with van der Waals surface area (Å²) < 4.78 is 128. The molecule has 0 spiro atoms. The summed E-state index contributed by atoms with van der Waals surface area (Å²) in [4.78, 5) is 0. The van der Waals surface area contributed by atoms with Gasteiger partial charge in [0.2, 0.25) is 0 Å². The third-order valence-electron chi connectivity index (χ3n) is 4.62. The lowest BCUT2D eigenvalue weighted by Gasteiger charge is -2.20. The predicted octanol–water partition coefficient (Wildman–Crippen LogP) is 8.02. The Labute approximate surface area is 193 Å². The number of hydrogen-bond acceptors (Lipinski definition) is 2. The molecule has 0 saturated carbocycles. The normalized spacial score (nSPS) is 11.8. The van der Waals surface area contributed by atoms with Gasteiger partial charge in [-0.3, -0.25) is 4.39 Å².